The predicted molar refractivity (Wildman–Crippen MR) is 45.8 cm³/mol. The third kappa shape index (κ3) is 8.16. The van der Waals surface area contributed by atoms with Gasteiger partial charge in [0.1, 0.15) is 12.6 Å². The lowest BCUT2D eigenvalue weighted by molar-refractivity contribution is -0.104. The fourth-order valence-corrected chi connectivity index (χ4v) is 0.397. The van der Waals surface area contributed by atoms with E-state index in [-0.39, 0.29) is 0 Å². The Kier molecular flexibility index (Phi) is 7.76. The Bertz CT molecular complexity index is 185. The Labute approximate surface area is 70.6 Å². The molecule has 0 saturated heterocycles. The maximum Gasteiger partial charge on any atom is 0.144 e. The molecular weight excluding hydrogens is 156 g/mol. The topological polar surface area (TPSA) is 58.2 Å². The van der Waals surface area contributed by atoms with Gasteiger partial charge in [-0.2, -0.15) is 0 Å². The summed E-state index contributed by atoms with van der Waals surface area (Å²) in [6.07, 6.45) is 10.1. The van der Waals surface area contributed by atoms with Crippen LogP contribution in [0.2, 0.25) is 0 Å². The highest BCUT2D eigenvalue weighted by molar-refractivity contribution is 5.64. The molecule has 4 heteroatoms. The van der Waals surface area contributed by atoms with Crippen molar-refractivity contribution in [2.24, 2.45) is 0 Å². The van der Waals surface area contributed by atoms with Crippen molar-refractivity contribution in [1.29, 1.82) is 0 Å². The van der Waals surface area contributed by atoms with Gasteiger partial charge in [0.15, 0.2) is 0 Å². The van der Waals surface area contributed by atoms with Crippen molar-refractivity contribution in [3.05, 3.63) is 37.0 Å². The largest absolute Gasteiger partial charge is 0.366 e. The van der Waals surface area contributed by atoms with Crippen LogP contribution in [0.5, 0.6) is 0 Å². The van der Waals surface area contributed by atoms with Gasteiger partial charge < -0.3 is 10.6 Å². The highest BCUT2D eigenvalue weighted by atomic mass is 16.1. The Hall–Kier alpha value is -1.84. The summed E-state index contributed by atoms with van der Waals surface area (Å²) in [7, 11) is 0. The molecule has 0 aliphatic rings. The minimum atomic E-state index is 0.667. The second-order valence-corrected chi connectivity index (χ2v) is 1.66. The molecule has 0 radical (unpaired) electrons. The highest BCUT2D eigenvalue weighted by Crippen LogP contribution is 1.65. The van der Waals surface area contributed by atoms with Gasteiger partial charge >= 0.3 is 0 Å². The molecule has 0 atom stereocenters. The number of nitrogens with one attached hydrogen (secondary N) is 2. The average Bonchev–Trinajstić information content (AvgIpc) is 2.10. The first-order valence-corrected chi connectivity index (χ1v) is 3.29. The lowest BCUT2D eigenvalue weighted by Gasteiger charge is -1.88. The number of hydrogen-bond acceptors (Lipinski definition) is 4. The molecule has 0 fully saturated rings. The van der Waals surface area contributed by atoms with Gasteiger partial charge in [0.25, 0.3) is 0 Å². The molecule has 0 spiro atoms. The molecule has 64 valence electrons. The van der Waals surface area contributed by atoms with Gasteiger partial charge in [-0.25, -0.2) is 0 Å². The third-order valence-corrected chi connectivity index (χ3v) is 0.818. The van der Waals surface area contributed by atoms with Crippen molar-refractivity contribution >= 4 is 12.6 Å². The molecule has 0 unspecified atom stereocenters. The van der Waals surface area contributed by atoms with Crippen LogP contribution in [0.1, 0.15) is 0 Å². The van der Waals surface area contributed by atoms with Gasteiger partial charge in [0, 0.05) is 24.8 Å². The zero-order chi connectivity index (χ0) is 9.07. The Morgan fingerprint density at radius 1 is 0.667 bits per heavy atom. The first-order valence-electron chi connectivity index (χ1n) is 3.29. The molecule has 0 heterocycles. The summed E-state index contributed by atoms with van der Waals surface area (Å²) >= 11 is 0. The van der Waals surface area contributed by atoms with Crippen molar-refractivity contribution < 1.29 is 9.59 Å². The first kappa shape index (κ1) is 10.2. The summed E-state index contributed by atoms with van der Waals surface area (Å²) in [6.45, 7) is 0. The lowest BCUT2D eigenvalue weighted by atomic mass is 10.6. The molecule has 0 aromatic carbocycles. The fourth-order valence-electron chi connectivity index (χ4n) is 0.397. The molecular formula is C8H10N2O2. The van der Waals surface area contributed by atoms with Crippen LogP contribution in [0.15, 0.2) is 37.0 Å². The van der Waals surface area contributed by atoms with Crippen LogP contribution in [-0.2, 0) is 9.59 Å². The fraction of sp³-hybridized carbons (Fsp3) is 0. The zero-order valence-corrected chi connectivity index (χ0v) is 6.44. The van der Waals surface area contributed by atoms with Gasteiger partial charge in [-0.3, -0.25) is 9.59 Å². The second kappa shape index (κ2) is 9.16. The van der Waals surface area contributed by atoms with Gasteiger partial charge in [0.2, 0.25) is 0 Å². The minimum absolute atomic E-state index is 0.667. The van der Waals surface area contributed by atoms with Crippen LogP contribution in [0.4, 0.5) is 0 Å². The normalized spacial score (nSPS) is 11.0. The van der Waals surface area contributed by atoms with Crippen molar-refractivity contribution in [2.45, 2.75) is 0 Å². The van der Waals surface area contributed by atoms with E-state index in [4.69, 9.17) is 0 Å². The molecule has 12 heavy (non-hydrogen) atoms. The Balaban J connectivity index is 3.36. The number of carbonyl (C=O) groups excluding carboxylic acids is 2. The second-order valence-electron chi connectivity index (χ2n) is 1.66. The maximum absolute atomic E-state index is 9.76. The summed E-state index contributed by atoms with van der Waals surface area (Å²) in [5.41, 5.74) is 0. The highest BCUT2D eigenvalue weighted by Gasteiger charge is 1.66. The van der Waals surface area contributed by atoms with Crippen LogP contribution in [0.25, 0.3) is 0 Å². The smallest absolute Gasteiger partial charge is 0.144 e. The van der Waals surface area contributed by atoms with E-state index in [0.29, 0.717) is 12.6 Å². The summed E-state index contributed by atoms with van der Waals surface area (Å²) < 4.78 is 0. The van der Waals surface area contributed by atoms with E-state index >= 15 is 0 Å². The summed E-state index contributed by atoms with van der Waals surface area (Å²) in [5.74, 6) is 0. The summed E-state index contributed by atoms with van der Waals surface area (Å²) in [6, 6.07) is 0. The molecule has 0 aromatic heterocycles. The van der Waals surface area contributed by atoms with Gasteiger partial charge in [0.05, 0.1) is 0 Å². The lowest BCUT2D eigenvalue weighted by Crippen LogP contribution is -1.97. The van der Waals surface area contributed by atoms with Crippen molar-refractivity contribution in [3.8, 4) is 0 Å². The average molecular weight is 166 g/mol. The predicted octanol–water partition coefficient (Wildman–Crippen LogP) is 0.0620. The van der Waals surface area contributed by atoms with E-state index in [2.05, 4.69) is 10.6 Å². The standard InChI is InChI=1S/C8H10N2O2/c11-7-1-3-9-5-6-10-4-2-8-12/h1-10H/b3-1+,4-2+,6-5-. The molecule has 0 aliphatic heterocycles. The van der Waals surface area contributed by atoms with E-state index in [1.54, 1.807) is 12.4 Å². The first-order chi connectivity index (χ1) is 5.91. The number of allylic oxidation sites excluding steroid dienone is 2. The van der Waals surface area contributed by atoms with Gasteiger partial charge in [-0.05, 0) is 12.2 Å². The number of carbonyl (C=O) groups is 2. The van der Waals surface area contributed by atoms with Crippen molar-refractivity contribution in [3.63, 3.8) is 0 Å². The van der Waals surface area contributed by atoms with Crippen LogP contribution in [0, 0.1) is 0 Å². The van der Waals surface area contributed by atoms with Crippen molar-refractivity contribution in [1.82, 2.24) is 10.6 Å². The molecule has 0 saturated carbocycles. The van der Waals surface area contributed by atoms with E-state index in [1.165, 1.54) is 24.6 Å². The molecule has 0 amide bonds. The molecule has 2 N–H and O–H groups in total. The van der Waals surface area contributed by atoms with Gasteiger partial charge in [-0.1, -0.05) is 0 Å². The number of hydrogen-bond donors (Lipinski definition) is 2. The van der Waals surface area contributed by atoms with Gasteiger partial charge in [-0.15, -0.1) is 0 Å². The third-order valence-electron chi connectivity index (χ3n) is 0.818. The molecule has 0 aliphatic carbocycles. The SMILES string of the molecule is O=C/C=C/N/C=C\N/C=C/C=O. The van der Waals surface area contributed by atoms with Crippen molar-refractivity contribution in [2.75, 3.05) is 0 Å². The van der Waals surface area contributed by atoms with E-state index in [9.17, 15) is 9.59 Å². The number of rotatable bonds is 6. The molecule has 4 nitrogen and oxygen atoms in total. The van der Waals surface area contributed by atoms with E-state index in [1.807, 2.05) is 0 Å². The molecule has 0 aromatic rings. The Morgan fingerprint density at radius 3 is 1.42 bits per heavy atom. The molecule has 0 rings (SSSR count). The van der Waals surface area contributed by atoms with Crippen LogP contribution in [-0.4, -0.2) is 12.6 Å². The Morgan fingerprint density at radius 2 is 1.08 bits per heavy atom. The van der Waals surface area contributed by atoms with E-state index < -0.39 is 0 Å². The maximum atomic E-state index is 9.76. The van der Waals surface area contributed by atoms with E-state index in [0.717, 1.165) is 0 Å². The zero-order valence-electron chi connectivity index (χ0n) is 6.44. The molecule has 0 bridgehead atoms. The quantitative estimate of drug-likeness (QED) is 0.433. The summed E-state index contributed by atoms with van der Waals surface area (Å²) in [5, 5.41) is 5.37. The van der Waals surface area contributed by atoms with Crippen LogP contribution in [0.3, 0.4) is 0 Å². The monoisotopic (exact) mass is 166 g/mol. The minimum Gasteiger partial charge on any atom is -0.366 e. The summed E-state index contributed by atoms with van der Waals surface area (Å²) in [4.78, 5) is 19.5. The van der Waals surface area contributed by atoms with Crippen LogP contribution < -0.4 is 10.6 Å². The number of aldehydes is 2. The van der Waals surface area contributed by atoms with Crippen LogP contribution >= 0.6 is 0 Å².